The lowest BCUT2D eigenvalue weighted by atomic mass is 9.89. The molecule has 1 N–H and O–H groups in total. The first kappa shape index (κ1) is 18.0. The van der Waals surface area contributed by atoms with E-state index >= 15 is 0 Å². The predicted octanol–water partition coefficient (Wildman–Crippen LogP) is 5.96. The van der Waals surface area contributed by atoms with Gasteiger partial charge in [-0.3, -0.25) is 0 Å². The van der Waals surface area contributed by atoms with Crippen LogP contribution in [0.4, 0.5) is 11.5 Å². The number of fused-ring (bicyclic) bond motifs is 5. The third kappa shape index (κ3) is 3.09. The van der Waals surface area contributed by atoms with Gasteiger partial charge in [-0.05, 0) is 61.3 Å². The number of halogens is 2. The Hall–Kier alpha value is -1.34. The lowest BCUT2D eigenvalue weighted by molar-refractivity contribution is 0.0524. The number of pyridine rings is 1. The molecule has 2 bridgehead atoms. The van der Waals surface area contributed by atoms with E-state index in [0.717, 1.165) is 51.3 Å². The summed E-state index contributed by atoms with van der Waals surface area (Å²) in [5, 5.41) is 4.18. The number of ether oxygens (including phenoxy) is 1. The third-order valence-corrected chi connectivity index (χ3v) is 6.54. The Morgan fingerprint density at radius 2 is 2.12 bits per heavy atom. The van der Waals surface area contributed by atoms with Gasteiger partial charge in [0, 0.05) is 26.9 Å². The molecule has 0 aliphatic heterocycles. The molecule has 1 aromatic heterocycles. The molecule has 2 atom stereocenters. The first-order valence-corrected chi connectivity index (χ1v) is 10.8. The summed E-state index contributed by atoms with van der Waals surface area (Å²) >= 11 is 8.66. The van der Waals surface area contributed by atoms with Gasteiger partial charge in [0.1, 0.15) is 5.82 Å². The van der Waals surface area contributed by atoms with Gasteiger partial charge in [0.25, 0.3) is 0 Å². The van der Waals surface area contributed by atoms with Crippen molar-refractivity contribution in [1.29, 1.82) is 0 Å². The lowest BCUT2D eigenvalue weighted by Crippen LogP contribution is -2.14. The molecule has 1 aromatic carbocycles. The molecule has 2 unspecified atom stereocenters. The van der Waals surface area contributed by atoms with Gasteiger partial charge in [-0.15, -0.1) is 0 Å². The second-order valence-electron chi connectivity index (χ2n) is 6.84. The van der Waals surface area contributed by atoms with E-state index in [-0.39, 0.29) is 5.97 Å². The average Bonchev–Trinajstić information content (AvgIpc) is 3.25. The Labute approximate surface area is 171 Å². The van der Waals surface area contributed by atoms with Gasteiger partial charge >= 0.3 is 5.97 Å². The number of anilines is 2. The average molecular weight is 483 g/mol. The number of hydrogen-bond donors (Lipinski definition) is 1. The molecule has 2 aliphatic rings. The fraction of sp³-hybridized carbons (Fsp3) is 0.400. The summed E-state index contributed by atoms with van der Waals surface area (Å²) in [7, 11) is 0. The van der Waals surface area contributed by atoms with E-state index < -0.39 is 0 Å². The number of benzene rings is 1. The van der Waals surface area contributed by atoms with Gasteiger partial charge in [-0.2, -0.15) is 0 Å². The Morgan fingerprint density at radius 1 is 1.35 bits per heavy atom. The lowest BCUT2D eigenvalue weighted by Gasteiger charge is -2.21. The van der Waals surface area contributed by atoms with Crippen LogP contribution in [0.5, 0.6) is 0 Å². The van der Waals surface area contributed by atoms with Crippen molar-refractivity contribution in [3.05, 3.63) is 51.7 Å². The minimum atomic E-state index is -0.259. The van der Waals surface area contributed by atoms with Crippen LogP contribution < -0.4 is 5.32 Å². The Bertz CT molecular complexity index is 871. The van der Waals surface area contributed by atoms with E-state index in [1.54, 1.807) is 6.20 Å². The first-order chi connectivity index (χ1) is 12.6. The normalized spacial score (nSPS) is 20.1. The van der Waals surface area contributed by atoms with Crippen molar-refractivity contribution < 1.29 is 9.53 Å². The third-order valence-electron chi connectivity index (χ3n) is 5.36. The number of nitrogens with zero attached hydrogens (tertiary/aromatic N) is 1. The zero-order valence-corrected chi connectivity index (χ0v) is 17.4. The highest BCUT2D eigenvalue weighted by Crippen LogP contribution is 2.56. The van der Waals surface area contributed by atoms with E-state index in [1.165, 1.54) is 5.56 Å². The topological polar surface area (TPSA) is 51.2 Å². The van der Waals surface area contributed by atoms with Crippen molar-refractivity contribution in [3.63, 3.8) is 0 Å². The number of esters is 1. The maximum Gasteiger partial charge on any atom is 0.339 e. The molecule has 0 radical (unpaired) electrons. The van der Waals surface area contributed by atoms with Gasteiger partial charge < -0.3 is 10.1 Å². The van der Waals surface area contributed by atoms with Crippen LogP contribution in [0.3, 0.4) is 0 Å². The molecule has 0 amide bonds. The largest absolute Gasteiger partial charge is 0.462 e. The van der Waals surface area contributed by atoms with Crippen molar-refractivity contribution in [2.24, 2.45) is 0 Å². The van der Waals surface area contributed by atoms with E-state index in [9.17, 15) is 4.79 Å². The minimum Gasteiger partial charge on any atom is -0.462 e. The maximum atomic E-state index is 12.4. The van der Waals surface area contributed by atoms with E-state index in [2.05, 4.69) is 32.9 Å². The Balaban J connectivity index is 1.72. The smallest absolute Gasteiger partial charge is 0.339 e. The summed E-state index contributed by atoms with van der Waals surface area (Å²) in [4.78, 5) is 16.9. The molecule has 4 rings (SSSR count). The highest BCUT2D eigenvalue weighted by atomic mass is 127. The van der Waals surface area contributed by atoms with Crippen molar-refractivity contribution >= 4 is 51.7 Å². The van der Waals surface area contributed by atoms with Crippen LogP contribution in [0, 0.1) is 0 Å². The standard InChI is InChI=1S/C20H20ClIN2O2/c1-2-26-20(25)15-10-23-19(18-12-4-3-11(7-12)17(15)18)24-14-6-5-13(9-22)16(21)8-14/h5-6,8,10-12H,2-4,7,9H2,1H3,(H,23,24). The molecule has 6 heteroatoms. The van der Waals surface area contributed by atoms with E-state index in [4.69, 9.17) is 16.3 Å². The number of alkyl halides is 1. The van der Waals surface area contributed by atoms with Crippen LogP contribution in [0.2, 0.25) is 5.02 Å². The molecule has 1 fully saturated rings. The number of carbonyl (C=O) groups excluding carboxylic acids is 1. The summed E-state index contributed by atoms with van der Waals surface area (Å²) in [5.41, 5.74) is 5.02. The molecular weight excluding hydrogens is 463 g/mol. The Morgan fingerprint density at radius 3 is 2.81 bits per heavy atom. The van der Waals surface area contributed by atoms with Crippen LogP contribution in [0.1, 0.15) is 65.1 Å². The molecule has 2 aromatic rings. The molecule has 2 aliphatic carbocycles. The van der Waals surface area contributed by atoms with Gasteiger partial charge in [-0.25, -0.2) is 9.78 Å². The van der Waals surface area contributed by atoms with Crippen molar-refractivity contribution in [2.45, 2.75) is 42.4 Å². The maximum absolute atomic E-state index is 12.4. The molecule has 136 valence electrons. The van der Waals surface area contributed by atoms with Crippen molar-refractivity contribution in [1.82, 2.24) is 4.98 Å². The zero-order valence-electron chi connectivity index (χ0n) is 14.5. The number of aromatic nitrogens is 1. The summed E-state index contributed by atoms with van der Waals surface area (Å²) in [6.45, 7) is 2.21. The van der Waals surface area contributed by atoms with Crippen LogP contribution in [-0.4, -0.2) is 17.6 Å². The van der Waals surface area contributed by atoms with Crippen molar-refractivity contribution in [2.75, 3.05) is 11.9 Å². The SMILES string of the molecule is CCOC(=O)c1cnc(Nc2ccc(CI)c(Cl)c2)c2c1C1CCC2C1. The highest BCUT2D eigenvalue weighted by Gasteiger charge is 2.42. The first-order valence-electron chi connectivity index (χ1n) is 8.93. The zero-order chi connectivity index (χ0) is 18.3. The van der Waals surface area contributed by atoms with Crippen LogP contribution >= 0.6 is 34.2 Å². The molecule has 4 nitrogen and oxygen atoms in total. The number of rotatable bonds is 5. The molecule has 1 heterocycles. The van der Waals surface area contributed by atoms with Gasteiger partial charge in [0.15, 0.2) is 0 Å². The fourth-order valence-electron chi connectivity index (χ4n) is 4.24. The summed E-state index contributed by atoms with van der Waals surface area (Å²) < 4.78 is 6.12. The molecule has 0 spiro atoms. The second-order valence-corrected chi connectivity index (χ2v) is 8.01. The van der Waals surface area contributed by atoms with E-state index in [1.807, 2.05) is 25.1 Å². The van der Waals surface area contributed by atoms with Gasteiger partial charge in [-0.1, -0.05) is 40.3 Å². The van der Waals surface area contributed by atoms with E-state index in [0.29, 0.717) is 24.0 Å². The van der Waals surface area contributed by atoms with Gasteiger partial charge in [0.05, 0.1) is 12.2 Å². The number of hydrogen-bond acceptors (Lipinski definition) is 4. The molecule has 1 saturated carbocycles. The predicted molar refractivity (Wildman–Crippen MR) is 112 cm³/mol. The fourth-order valence-corrected chi connectivity index (χ4v) is 5.38. The second kappa shape index (κ2) is 7.35. The summed E-state index contributed by atoms with van der Waals surface area (Å²) in [6, 6.07) is 6.01. The highest BCUT2D eigenvalue weighted by molar-refractivity contribution is 14.1. The quantitative estimate of drug-likeness (QED) is 0.325. The molecular formula is C20H20ClIN2O2. The van der Waals surface area contributed by atoms with Crippen LogP contribution in [0.15, 0.2) is 24.4 Å². The summed E-state index contributed by atoms with van der Waals surface area (Å²) in [6.07, 6.45) is 5.08. The Kier molecular flexibility index (Phi) is 5.10. The minimum absolute atomic E-state index is 0.259. The van der Waals surface area contributed by atoms with Crippen molar-refractivity contribution in [3.8, 4) is 0 Å². The summed E-state index contributed by atoms with van der Waals surface area (Å²) in [5.74, 6) is 1.51. The molecule has 26 heavy (non-hydrogen) atoms. The monoisotopic (exact) mass is 482 g/mol. The van der Waals surface area contributed by atoms with Crippen LogP contribution in [-0.2, 0) is 9.16 Å². The number of carbonyl (C=O) groups is 1. The van der Waals surface area contributed by atoms with Gasteiger partial charge in [0.2, 0.25) is 0 Å². The molecule has 0 saturated heterocycles. The van der Waals surface area contributed by atoms with Crippen LogP contribution in [0.25, 0.3) is 0 Å². The number of nitrogens with one attached hydrogen (secondary N) is 1.